The monoisotopic (exact) mass is 395 g/mol. The highest BCUT2D eigenvalue weighted by Gasteiger charge is 2.22. The van der Waals surface area contributed by atoms with Crippen molar-refractivity contribution in [3.8, 4) is 11.5 Å². The predicted molar refractivity (Wildman–Crippen MR) is 107 cm³/mol. The maximum absolute atomic E-state index is 12.5. The second-order valence-corrected chi connectivity index (χ2v) is 7.47. The Morgan fingerprint density at radius 2 is 1.75 bits per heavy atom. The third kappa shape index (κ3) is 4.76. The first-order chi connectivity index (χ1) is 13.8. The number of benzene rings is 1. The number of nitrogens with zero attached hydrogens (tertiary/aromatic N) is 5. The quantitative estimate of drug-likeness (QED) is 0.594. The van der Waals surface area contributed by atoms with Gasteiger partial charge in [0.2, 0.25) is 11.8 Å². The Balaban J connectivity index is 1.23. The van der Waals surface area contributed by atoms with Crippen LogP contribution in [-0.4, -0.2) is 62.8 Å². The van der Waals surface area contributed by atoms with Gasteiger partial charge in [0.05, 0.1) is 5.75 Å². The summed E-state index contributed by atoms with van der Waals surface area (Å²) < 4.78 is 5.62. The number of hydrogen-bond donors (Lipinski definition) is 0. The van der Waals surface area contributed by atoms with Crippen LogP contribution < -0.4 is 0 Å². The molecule has 4 rings (SSSR count). The van der Waals surface area contributed by atoms with Crippen molar-refractivity contribution in [2.24, 2.45) is 0 Å². The molecule has 3 aromatic rings. The molecule has 0 N–H and O–H groups in total. The molecule has 1 aromatic carbocycles. The summed E-state index contributed by atoms with van der Waals surface area (Å²) in [5, 5.41) is 8.45. The SMILES string of the molecule is O=C(CSc1nnc(-c2ccncc2)o1)N1CCN(Cc2ccccc2)CC1. The van der Waals surface area contributed by atoms with Crippen molar-refractivity contribution in [2.45, 2.75) is 11.8 Å². The number of amides is 1. The topological polar surface area (TPSA) is 75.4 Å². The Morgan fingerprint density at radius 1 is 1.00 bits per heavy atom. The molecule has 0 saturated carbocycles. The highest BCUT2D eigenvalue weighted by atomic mass is 32.2. The molecule has 1 fully saturated rings. The summed E-state index contributed by atoms with van der Waals surface area (Å²) in [7, 11) is 0. The second kappa shape index (κ2) is 8.99. The van der Waals surface area contributed by atoms with Gasteiger partial charge in [-0.3, -0.25) is 14.7 Å². The molecule has 1 amide bonds. The molecule has 7 nitrogen and oxygen atoms in total. The van der Waals surface area contributed by atoms with E-state index in [0.717, 1.165) is 38.3 Å². The lowest BCUT2D eigenvalue weighted by Gasteiger charge is -2.34. The van der Waals surface area contributed by atoms with Gasteiger partial charge in [-0.1, -0.05) is 42.1 Å². The van der Waals surface area contributed by atoms with Crippen LogP contribution in [0.4, 0.5) is 0 Å². The molecule has 0 aliphatic carbocycles. The Kier molecular flexibility index (Phi) is 5.98. The van der Waals surface area contributed by atoms with Crippen LogP contribution in [0.3, 0.4) is 0 Å². The van der Waals surface area contributed by atoms with E-state index in [-0.39, 0.29) is 5.91 Å². The zero-order chi connectivity index (χ0) is 19.2. The van der Waals surface area contributed by atoms with Gasteiger partial charge in [-0.2, -0.15) is 0 Å². The Bertz CT molecular complexity index is 895. The minimum atomic E-state index is 0.105. The zero-order valence-corrected chi connectivity index (χ0v) is 16.2. The number of carbonyl (C=O) groups excluding carboxylic acids is 1. The molecular formula is C20H21N5O2S. The minimum Gasteiger partial charge on any atom is -0.411 e. The van der Waals surface area contributed by atoms with E-state index in [1.807, 2.05) is 23.1 Å². The van der Waals surface area contributed by atoms with Crippen LogP contribution in [0, 0.1) is 0 Å². The lowest BCUT2D eigenvalue weighted by molar-refractivity contribution is -0.130. The smallest absolute Gasteiger partial charge is 0.277 e. The molecule has 28 heavy (non-hydrogen) atoms. The molecular weight excluding hydrogens is 374 g/mol. The molecule has 0 bridgehead atoms. The van der Waals surface area contributed by atoms with Gasteiger partial charge in [-0.15, -0.1) is 10.2 Å². The summed E-state index contributed by atoms with van der Waals surface area (Å²) in [6.45, 7) is 4.20. The molecule has 2 aromatic heterocycles. The Hall–Kier alpha value is -2.71. The summed E-state index contributed by atoms with van der Waals surface area (Å²) in [6, 6.07) is 14.0. The van der Waals surface area contributed by atoms with Crippen molar-refractivity contribution in [2.75, 3.05) is 31.9 Å². The molecule has 0 spiro atoms. The molecule has 0 atom stereocenters. The third-order valence-corrected chi connectivity index (χ3v) is 5.43. The van der Waals surface area contributed by atoms with Crippen molar-refractivity contribution in [1.29, 1.82) is 0 Å². The molecule has 8 heteroatoms. The van der Waals surface area contributed by atoms with Gasteiger partial charge in [0.1, 0.15) is 0 Å². The highest BCUT2D eigenvalue weighted by molar-refractivity contribution is 7.99. The number of rotatable bonds is 6. The molecule has 3 heterocycles. The average molecular weight is 395 g/mol. The number of pyridine rings is 1. The van der Waals surface area contributed by atoms with Crippen molar-refractivity contribution in [3.05, 3.63) is 60.4 Å². The first kappa shape index (κ1) is 18.6. The number of aromatic nitrogens is 3. The van der Waals surface area contributed by atoms with Crippen LogP contribution >= 0.6 is 11.8 Å². The molecule has 1 aliphatic heterocycles. The second-order valence-electron chi connectivity index (χ2n) is 6.54. The third-order valence-electron chi connectivity index (χ3n) is 4.63. The molecule has 0 radical (unpaired) electrons. The van der Waals surface area contributed by atoms with Gasteiger partial charge in [0.25, 0.3) is 5.22 Å². The number of piperazine rings is 1. The van der Waals surface area contributed by atoms with Gasteiger partial charge >= 0.3 is 0 Å². The summed E-state index contributed by atoms with van der Waals surface area (Å²) in [5.41, 5.74) is 2.12. The lowest BCUT2D eigenvalue weighted by Crippen LogP contribution is -2.48. The first-order valence-electron chi connectivity index (χ1n) is 9.19. The average Bonchev–Trinajstić information content (AvgIpc) is 3.23. The van der Waals surface area contributed by atoms with Gasteiger partial charge in [-0.05, 0) is 17.7 Å². The van der Waals surface area contributed by atoms with E-state index in [4.69, 9.17) is 4.42 Å². The van der Waals surface area contributed by atoms with E-state index in [1.165, 1.54) is 17.3 Å². The molecule has 144 valence electrons. The van der Waals surface area contributed by atoms with E-state index >= 15 is 0 Å². The van der Waals surface area contributed by atoms with E-state index in [2.05, 4.69) is 44.3 Å². The van der Waals surface area contributed by atoms with Crippen LogP contribution in [0.2, 0.25) is 0 Å². The van der Waals surface area contributed by atoms with Gasteiger partial charge in [0, 0.05) is 50.7 Å². The zero-order valence-electron chi connectivity index (χ0n) is 15.4. The van der Waals surface area contributed by atoms with Crippen LogP contribution in [0.1, 0.15) is 5.56 Å². The fraction of sp³-hybridized carbons (Fsp3) is 0.300. The summed E-state index contributed by atoms with van der Waals surface area (Å²) in [6.07, 6.45) is 3.35. The lowest BCUT2D eigenvalue weighted by atomic mass is 10.2. The van der Waals surface area contributed by atoms with E-state index in [9.17, 15) is 4.79 Å². The van der Waals surface area contributed by atoms with Gasteiger partial charge in [-0.25, -0.2) is 0 Å². The van der Waals surface area contributed by atoms with Crippen LogP contribution in [0.15, 0.2) is 64.5 Å². The van der Waals surface area contributed by atoms with Crippen molar-refractivity contribution in [3.63, 3.8) is 0 Å². The normalized spacial score (nSPS) is 14.9. The fourth-order valence-electron chi connectivity index (χ4n) is 3.09. The van der Waals surface area contributed by atoms with E-state index in [1.54, 1.807) is 12.4 Å². The summed E-state index contributed by atoms with van der Waals surface area (Å²) in [4.78, 5) is 20.8. The van der Waals surface area contributed by atoms with Crippen LogP contribution in [-0.2, 0) is 11.3 Å². The molecule has 1 saturated heterocycles. The number of carbonyl (C=O) groups is 1. The Morgan fingerprint density at radius 3 is 2.50 bits per heavy atom. The molecule has 0 unspecified atom stereocenters. The Labute approximate surface area is 167 Å². The molecule has 1 aliphatic rings. The summed E-state index contributed by atoms with van der Waals surface area (Å²) in [5.74, 6) is 0.844. The fourth-order valence-corrected chi connectivity index (χ4v) is 3.76. The largest absolute Gasteiger partial charge is 0.411 e. The van der Waals surface area contributed by atoms with Crippen molar-refractivity contribution >= 4 is 17.7 Å². The first-order valence-corrected chi connectivity index (χ1v) is 10.2. The van der Waals surface area contributed by atoms with Gasteiger partial charge in [0.15, 0.2) is 0 Å². The number of thioether (sulfide) groups is 1. The predicted octanol–water partition coefficient (Wildman–Crippen LogP) is 2.57. The standard InChI is InChI=1S/C20H21N5O2S/c26-18(15-28-20-23-22-19(27-20)17-6-8-21-9-7-17)25-12-10-24(11-13-25)14-16-4-2-1-3-5-16/h1-9H,10-15H2. The van der Waals surface area contributed by atoms with Crippen molar-refractivity contribution < 1.29 is 9.21 Å². The van der Waals surface area contributed by atoms with Gasteiger partial charge < -0.3 is 9.32 Å². The minimum absolute atomic E-state index is 0.105. The van der Waals surface area contributed by atoms with Crippen LogP contribution in [0.5, 0.6) is 0 Å². The van der Waals surface area contributed by atoms with Crippen LogP contribution in [0.25, 0.3) is 11.5 Å². The number of hydrogen-bond acceptors (Lipinski definition) is 7. The van der Waals surface area contributed by atoms with E-state index in [0.29, 0.717) is 16.9 Å². The maximum atomic E-state index is 12.5. The summed E-state index contributed by atoms with van der Waals surface area (Å²) >= 11 is 1.28. The highest BCUT2D eigenvalue weighted by Crippen LogP contribution is 2.23. The van der Waals surface area contributed by atoms with Crippen molar-refractivity contribution in [1.82, 2.24) is 25.0 Å². The van der Waals surface area contributed by atoms with E-state index < -0.39 is 0 Å². The maximum Gasteiger partial charge on any atom is 0.277 e.